The molecule has 1 aromatic carbocycles. The van der Waals surface area contributed by atoms with Crippen molar-refractivity contribution < 1.29 is 38.9 Å². The van der Waals surface area contributed by atoms with Crippen LogP contribution < -0.4 is 10.2 Å². The molecule has 0 fully saturated rings. The Hall–Kier alpha value is -2.20. The van der Waals surface area contributed by atoms with Gasteiger partial charge in [0.2, 0.25) is 0 Å². The summed E-state index contributed by atoms with van der Waals surface area (Å²) in [5.41, 5.74) is 0.368. The number of hydrogen-bond donors (Lipinski definition) is 0. The van der Waals surface area contributed by atoms with E-state index in [1.165, 1.54) is 43.8 Å². The molecule has 0 unspecified atom stereocenters. The molecule has 166 valence electrons. The Bertz CT molecular complexity index is 763. The molecule has 0 bridgehead atoms. The van der Waals surface area contributed by atoms with Crippen LogP contribution in [0.1, 0.15) is 44.7 Å². The number of benzene rings is 1. The largest absolute Gasteiger partial charge is 0.545 e. The topological polar surface area (TPSA) is 133 Å². The van der Waals surface area contributed by atoms with E-state index >= 15 is 0 Å². The minimum atomic E-state index is -1.57. The van der Waals surface area contributed by atoms with Crippen LogP contribution in [0, 0.1) is 0 Å². The second-order valence-corrected chi connectivity index (χ2v) is 8.38. The molecule has 0 aromatic heterocycles. The maximum Gasteiger partial charge on any atom is 0.315 e. The average molecular weight is 457 g/mol. The van der Waals surface area contributed by atoms with Gasteiger partial charge in [-0.3, -0.25) is 9.59 Å². The Kier molecular flexibility index (Phi) is 12.0. The summed E-state index contributed by atoms with van der Waals surface area (Å²) >= 11 is 2.76. The van der Waals surface area contributed by atoms with E-state index in [-0.39, 0.29) is 29.0 Å². The number of methoxy groups -OCH3 is 2. The predicted octanol–water partition coefficient (Wildman–Crippen LogP) is 0.0912. The lowest BCUT2D eigenvalue weighted by molar-refractivity contribution is -0.259. The van der Waals surface area contributed by atoms with Crippen molar-refractivity contribution in [2.75, 3.05) is 37.2 Å². The first kappa shape index (κ1) is 25.8. The molecule has 10 heteroatoms. The highest BCUT2D eigenvalue weighted by Crippen LogP contribution is 2.23. The van der Waals surface area contributed by atoms with E-state index in [1.807, 2.05) is 0 Å². The van der Waals surface area contributed by atoms with Gasteiger partial charge in [-0.1, -0.05) is 12.1 Å². The van der Waals surface area contributed by atoms with Crippen molar-refractivity contribution in [1.29, 1.82) is 0 Å². The fraction of sp³-hybridized carbons (Fsp3) is 0.500. The van der Waals surface area contributed by atoms with E-state index < -0.39 is 17.5 Å². The van der Waals surface area contributed by atoms with Crippen molar-refractivity contribution in [3.05, 3.63) is 34.4 Å². The maximum absolute atomic E-state index is 11.7. The fourth-order valence-corrected chi connectivity index (χ4v) is 4.31. The zero-order chi connectivity index (χ0) is 22.5. The molecule has 30 heavy (non-hydrogen) atoms. The van der Waals surface area contributed by atoms with E-state index in [1.54, 1.807) is 6.07 Å². The van der Waals surface area contributed by atoms with Gasteiger partial charge in [0.25, 0.3) is 0 Å². The number of carbonyl (C=O) groups is 4. The number of hydrogen-bond acceptors (Lipinski definition) is 10. The molecular formula is C20H24O8S2-2. The highest BCUT2D eigenvalue weighted by atomic mass is 32.2. The van der Waals surface area contributed by atoms with Gasteiger partial charge in [0.1, 0.15) is 0 Å². The molecule has 0 spiro atoms. The minimum Gasteiger partial charge on any atom is -0.545 e. The van der Waals surface area contributed by atoms with Crippen LogP contribution in [0.25, 0.3) is 0 Å². The first-order valence-corrected chi connectivity index (χ1v) is 11.5. The van der Waals surface area contributed by atoms with E-state index in [9.17, 15) is 29.4 Å². The second-order valence-electron chi connectivity index (χ2n) is 6.17. The number of thioether (sulfide) groups is 2. The van der Waals surface area contributed by atoms with Crippen molar-refractivity contribution in [1.82, 2.24) is 0 Å². The van der Waals surface area contributed by atoms with Gasteiger partial charge in [-0.05, 0) is 48.3 Å². The normalized spacial score (nSPS) is 10.5. The second kappa shape index (κ2) is 13.9. The Morgan fingerprint density at radius 3 is 1.83 bits per heavy atom. The molecule has 0 saturated carbocycles. The van der Waals surface area contributed by atoms with Crippen LogP contribution in [0.3, 0.4) is 0 Å². The van der Waals surface area contributed by atoms with Crippen molar-refractivity contribution in [3.63, 3.8) is 0 Å². The van der Waals surface area contributed by atoms with Crippen LogP contribution >= 0.6 is 23.5 Å². The molecule has 0 aliphatic carbocycles. The molecule has 8 nitrogen and oxygen atoms in total. The van der Waals surface area contributed by atoms with E-state index in [4.69, 9.17) is 0 Å². The van der Waals surface area contributed by atoms with Gasteiger partial charge in [-0.2, -0.15) is 23.5 Å². The number of carbonyl (C=O) groups excluding carboxylic acids is 4. The molecule has 0 atom stereocenters. The summed E-state index contributed by atoms with van der Waals surface area (Å²) in [7, 11) is 2.62. The maximum atomic E-state index is 11.7. The summed E-state index contributed by atoms with van der Waals surface area (Å²) in [6.45, 7) is 0. The molecular weight excluding hydrogens is 432 g/mol. The van der Waals surface area contributed by atoms with Gasteiger partial charge in [-0.25, -0.2) is 0 Å². The Labute approximate surface area is 183 Å². The summed E-state index contributed by atoms with van der Waals surface area (Å²) in [5, 5.41) is 23.0. The molecule has 0 heterocycles. The van der Waals surface area contributed by atoms with Crippen LogP contribution in [0.5, 0.6) is 0 Å². The van der Waals surface area contributed by atoms with Gasteiger partial charge >= 0.3 is 11.9 Å². The lowest BCUT2D eigenvalue weighted by Crippen LogP contribution is -2.31. The van der Waals surface area contributed by atoms with Crippen LogP contribution in [-0.2, 0) is 31.9 Å². The monoisotopic (exact) mass is 456 g/mol. The van der Waals surface area contributed by atoms with Gasteiger partial charge in [-0.15, -0.1) is 0 Å². The van der Waals surface area contributed by atoms with Crippen LogP contribution in [-0.4, -0.2) is 61.1 Å². The van der Waals surface area contributed by atoms with E-state index in [0.717, 1.165) is 5.56 Å². The third kappa shape index (κ3) is 8.66. The molecule has 1 rings (SSSR count). The third-order valence-electron chi connectivity index (χ3n) is 4.18. The highest BCUT2D eigenvalue weighted by Gasteiger charge is 2.15. The standard InChI is InChI=1S/C20H26O8S2/c1-27-16(21)11-29-9-3-5-13-7-8-15(19(23)24)18(20(25)26)14(13)6-4-10-30-12-17(22)28-2/h7-8H,3-6,9-12H2,1-2H3,(H,23,24)(H,25,26)/p-2. The van der Waals surface area contributed by atoms with Crippen molar-refractivity contribution in [3.8, 4) is 0 Å². The smallest absolute Gasteiger partial charge is 0.315 e. The molecule has 1 aromatic rings. The van der Waals surface area contributed by atoms with E-state index in [2.05, 4.69) is 9.47 Å². The van der Waals surface area contributed by atoms with Crippen LogP contribution in [0.2, 0.25) is 0 Å². The summed E-state index contributed by atoms with van der Waals surface area (Å²) in [6, 6.07) is 2.83. The van der Waals surface area contributed by atoms with Gasteiger partial charge in [0.05, 0.1) is 37.7 Å². The fourth-order valence-electron chi connectivity index (χ4n) is 2.76. The van der Waals surface area contributed by atoms with Crippen LogP contribution in [0.15, 0.2) is 12.1 Å². The van der Waals surface area contributed by atoms with Crippen LogP contribution in [0.4, 0.5) is 0 Å². The lowest BCUT2D eigenvalue weighted by Gasteiger charge is -2.20. The predicted molar refractivity (Wildman–Crippen MR) is 110 cm³/mol. The highest BCUT2D eigenvalue weighted by molar-refractivity contribution is 8.00. The SMILES string of the molecule is COC(=O)CSCCCc1ccc(C(=O)[O-])c(C(=O)[O-])c1CCCSCC(=O)OC. The molecule has 0 N–H and O–H groups in total. The number of ether oxygens (including phenoxy) is 2. The quantitative estimate of drug-likeness (QED) is 0.280. The lowest BCUT2D eigenvalue weighted by atomic mass is 9.91. The number of rotatable bonds is 14. The number of carboxylic acids is 2. The third-order valence-corrected chi connectivity index (χ3v) is 6.21. The zero-order valence-corrected chi connectivity index (χ0v) is 18.5. The van der Waals surface area contributed by atoms with Gasteiger partial charge in [0, 0.05) is 11.1 Å². The van der Waals surface area contributed by atoms with E-state index in [0.29, 0.717) is 42.8 Å². The minimum absolute atomic E-state index is 0.188. The molecule has 0 aliphatic rings. The zero-order valence-electron chi connectivity index (χ0n) is 16.9. The Morgan fingerprint density at radius 1 is 0.833 bits per heavy atom. The van der Waals surface area contributed by atoms with Crippen molar-refractivity contribution in [2.45, 2.75) is 25.7 Å². The van der Waals surface area contributed by atoms with Gasteiger partial charge < -0.3 is 29.3 Å². The summed E-state index contributed by atoms with van der Waals surface area (Å²) in [6.07, 6.45) is 2.06. The molecule has 0 saturated heterocycles. The first-order chi connectivity index (χ1) is 14.3. The molecule has 0 amide bonds. The number of aromatic carboxylic acids is 2. The molecule has 0 radical (unpaired) electrons. The Balaban J connectivity index is 2.88. The number of aryl methyl sites for hydroxylation is 1. The summed E-state index contributed by atoms with van der Waals surface area (Å²) in [4.78, 5) is 45.3. The van der Waals surface area contributed by atoms with Gasteiger partial charge in [0.15, 0.2) is 0 Å². The first-order valence-electron chi connectivity index (χ1n) is 9.18. The average Bonchev–Trinajstić information content (AvgIpc) is 2.72. The molecule has 0 aliphatic heterocycles. The van der Waals surface area contributed by atoms with Crippen molar-refractivity contribution >= 4 is 47.4 Å². The van der Waals surface area contributed by atoms with Crippen molar-refractivity contribution in [2.24, 2.45) is 0 Å². The summed E-state index contributed by atoms with van der Waals surface area (Å²) in [5.74, 6) is -2.15. The number of carboxylic acid groups (broad SMARTS) is 2. The summed E-state index contributed by atoms with van der Waals surface area (Å²) < 4.78 is 9.14. The number of esters is 2. The Morgan fingerprint density at radius 2 is 1.37 bits per heavy atom.